The van der Waals surface area contributed by atoms with Crippen LogP contribution in [0.4, 0.5) is 0 Å². The van der Waals surface area contributed by atoms with E-state index in [1.807, 2.05) is 13.0 Å². The van der Waals surface area contributed by atoms with Gasteiger partial charge in [0, 0.05) is 16.1 Å². The number of H-pyrrole nitrogens is 1. The summed E-state index contributed by atoms with van der Waals surface area (Å²) in [6, 6.07) is 1.89. The van der Waals surface area contributed by atoms with E-state index in [0.29, 0.717) is 22.0 Å². The number of fused-ring (bicyclic) bond motifs is 1. The van der Waals surface area contributed by atoms with Gasteiger partial charge in [0.1, 0.15) is 10.7 Å². The highest BCUT2D eigenvalue weighted by atomic mass is 79.9. The Morgan fingerprint density at radius 2 is 2.08 bits per heavy atom. The molecule has 1 N–H and O–H groups in total. The van der Waals surface area contributed by atoms with Crippen molar-refractivity contribution in [3.05, 3.63) is 38.1 Å². The van der Waals surface area contributed by atoms with Gasteiger partial charge in [0.25, 0.3) is 0 Å². The molecule has 3 heterocycles. The van der Waals surface area contributed by atoms with Gasteiger partial charge in [-0.25, -0.2) is 19.7 Å². The van der Waals surface area contributed by atoms with Crippen molar-refractivity contribution in [1.82, 2.24) is 19.9 Å². The predicted octanol–water partition coefficient (Wildman–Crippen LogP) is 4.70. The first-order valence-corrected chi connectivity index (χ1v) is 9.46. The Hall–Kier alpha value is -1.80. The molecule has 0 bridgehead atoms. The molecule has 0 radical (unpaired) electrons. The largest absolute Gasteiger partial charge is 0.450 e. The van der Waals surface area contributed by atoms with Crippen molar-refractivity contribution in [2.45, 2.75) is 46.1 Å². The summed E-state index contributed by atoms with van der Waals surface area (Å²) in [5, 5.41) is 0.919. The van der Waals surface area contributed by atoms with Gasteiger partial charge >= 0.3 is 5.97 Å². The van der Waals surface area contributed by atoms with E-state index in [-0.39, 0.29) is 11.4 Å². The molecule has 0 amide bonds. The zero-order valence-corrected chi connectivity index (χ0v) is 17.1. The summed E-state index contributed by atoms with van der Waals surface area (Å²) in [6.07, 6.45) is 1.17. The molecule has 0 aliphatic rings. The van der Waals surface area contributed by atoms with Gasteiger partial charge in [0.2, 0.25) is 0 Å². The van der Waals surface area contributed by atoms with Gasteiger partial charge in [-0.3, -0.25) is 0 Å². The van der Waals surface area contributed by atoms with Crippen LogP contribution in [0.2, 0.25) is 0 Å². The minimum absolute atomic E-state index is 0.0998. The molecule has 3 rings (SSSR count). The first kappa shape index (κ1) is 18.0. The minimum Gasteiger partial charge on any atom is -0.450 e. The van der Waals surface area contributed by atoms with E-state index in [1.165, 1.54) is 11.3 Å². The average molecular weight is 423 g/mol. The van der Waals surface area contributed by atoms with E-state index in [1.54, 1.807) is 13.1 Å². The highest BCUT2D eigenvalue weighted by Crippen LogP contribution is 2.30. The number of nitrogens with one attached hydrogen (secondary N) is 1. The number of ether oxygens (including phenoxy) is 1. The number of pyridine rings is 1. The maximum Gasteiger partial charge on any atom is 0.350 e. The Morgan fingerprint density at radius 3 is 2.72 bits per heavy atom. The van der Waals surface area contributed by atoms with Crippen molar-refractivity contribution in [2.75, 3.05) is 0 Å². The standard InChI is InChI=1S/C17H19BrN4O2S/c1-8-12(25-16(20-8)17(3,4)5)15(23)24-9(2)13-21-11-6-10(18)7-19-14(11)22-13/h6-7,9H,1-5H3,(H,19,21,22). The molecule has 0 fully saturated rings. The van der Waals surface area contributed by atoms with Crippen molar-refractivity contribution in [1.29, 1.82) is 0 Å². The SMILES string of the molecule is Cc1nc(C(C)(C)C)sc1C(=O)OC(C)c1nc2ncc(Br)cc2[nH]1. The second kappa shape index (κ2) is 6.49. The second-order valence-electron chi connectivity index (χ2n) is 6.88. The average Bonchev–Trinajstić information content (AvgIpc) is 3.09. The minimum atomic E-state index is -0.514. The second-order valence-corrected chi connectivity index (χ2v) is 8.79. The number of aromatic amines is 1. The topological polar surface area (TPSA) is 80.8 Å². The Morgan fingerprint density at radius 1 is 1.36 bits per heavy atom. The van der Waals surface area contributed by atoms with Gasteiger partial charge in [-0.1, -0.05) is 20.8 Å². The fourth-order valence-electron chi connectivity index (χ4n) is 2.26. The van der Waals surface area contributed by atoms with E-state index in [2.05, 4.69) is 56.6 Å². The Kier molecular flexibility index (Phi) is 4.68. The normalized spacial score (nSPS) is 13.2. The number of nitrogens with zero attached hydrogens (tertiary/aromatic N) is 3. The Labute approximate surface area is 158 Å². The van der Waals surface area contributed by atoms with Crippen molar-refractivity contribution in [2.24, 2.45) is 0 Å². The van der Waals surface area contributed by atoms with Crippen LogP contribution < -0.4 is 0 Å². The van der Waals surface area contributed by atoms with Crippen LogP contribution in [0.5, 0.6) is 0 Å². The lowest BCUT2D eigenvalue weighted by Gasteiger charge is -2.13. The first-order chi connectivity index (χ1) is 11.6. The van der Waals surface area contributed by atoms with Crippen LogP contribution >= 0.6 is 27.3 Å². The van der Waals surface area contributed by atoms with Crippen LogP contribution in [-0.2, 0) is 10.2 Å². The molecule has 0 saturated heterocycles. The maximum absolute atomic E-state index is 12.5. The van der Waals surface area contributed by atoms with Crippen LogP contribution in [0.1, 0.15) is 60.0 Å². The fraction of sp³-hybridized carbons (Fsp3) is 0.412. The number of halogens is 1. The van der Waals surface area contributed by atoms with Crippen molar-refractivity contribution >= 4 is 44.4 Å². The summed E-state index contributed by atoms with van der Waals surface area (Å²) in [4.78, 5) is 29.3. The molecule has 0 aliphatic carbocycles. The quantitative estimate of drug-likeness (QED) is 0.618. The lowest BCUT2D eigenvalue weighted by molar-refractivity contribution is 0.0327. The van der Waals surface area contributed by atoms with Gasteiger partial charge in [-0.15, -0.1) is 11.3 Å². The molecular weight excluding hydrogens is 404 g/mol. The molecule has 0 saturated carbocycles. The molecule has 3 aromatic heterocycles. The predicted molar refractivity (Wildman–Crippen MR) is 101 cm³/mol. The van der Waals surface area contributed by atoms with E-state index in [4.69, 9.17) is 4.74 Å². The van der Waals surface area contributed by atoms with E-state index < -0.39 is 6.10 Å². The van der Waals surface area contributed by atoms with Gasteiger partial charge in [0.15, 0.2) is 11.8 Å². The number of thiazole rings is 1. The highest BCUT2D eigenvalue weighted by molar-refractivity contribution is 9.10. The Balaban J connectivity index is 1.81. The molecule has 132 valence electrons. The number of hydrogen-bond donors (Lipinski definition) is 1. The van der Waals surface area contributed by atoms with Crippen LogP contribution in [-0.4, -0.2) is 25.9 Å². The van der Waals surface area contributed by atoms with Gasteiger partial charge in [-0.05, 0) is 35.8 Å². The summed E-state index contributed by atoms with van der Waals surface area (Å²) < 4.78 is 6.44. The number of rotatable bonds is 3. The maximum atomic E-state index is 12.5. The summed E-state index contributed by atoms with van der Waals surface area (Å²) in [5.74, 6) is 0.180. The third kappa shape index (κ3) is 3.74. The zero-order valence-electron chi connectivity index (χ0n) is 14.7. The molecule has 0 spiro atoms. The number of imidazole rings is 1. The summed E-state index contributed by atoms with van der Waals surface area (Å²) >= 11 is 4.76. The van der Waals surface area contributed by atoms with Gasteiger partial charge in [-0.2, -0.15) is 0 Å². The molecule has 0 aromatic carbocycles. The molecular formula is C17H19BrN4O2S. The molecule has 1 unspecified atom stereocenters. The molecule has 6 nitrogen and oxygen atoms in total. The molecule has 25 heavy (non-hydrogen) atoms. The molecule has 8 heteroatoms. The van der Waals surface area contributed by atoms with Crippen LogP contribution in [0.3, 0.4) is 0 Å². The van der Waals surface area contributed by atoms with Crippen molar-refractivity contribution < 1.29 is 9.53 Å². The summed E-state index contributed by atoms with van der Waals surface area (Å²) in [6.45, 7) is 9.83. The van der Waals surface area contributed by atoms with Gasteiger partial charge < -0.3 is 9.72 Å². The number of esters is 1. The number of carbonyl (C=O) groups excluding carboxylic acids is 1. The lowest BCUT2D eigenvalue weighted by Crippen LogP contribution is -2.10. The lowest BCUT2D eigenvalue weighted by atomic mass is 9.98. The number of hydrogen-bond acceptors (Lipinski definition) is 6. The van der Waals surface area contributed by atoms with E-state index >= 15 is 0 Å². The Bertz CT molecular complexity index is 942. The third-order valence-electron chi connectivity index (χ3n) is 3.61. The third-order valence-corrected chi connectivity index (χ3v) is 5.61. The van der Waals surface area contributed by atoms with Crippen LogP contribution in [0.25, 0.3) is 11.2 Å². The first-order valence-electron chi connectivity index (χ1n) is 7.85. The fourth-order valence-corrected chi connectivity index (χ4v) is 3.60. The van der Waals surface area contributed by atoms with Crippen molar-refractivity contribution in [3.8, 4) is 0 Å². The number of aryl methyl sites for hydroxylation is 1. The van der Waals surface area contributed by atoms with Crippen molar-refractivity contribution in [3.63, 3.8) is 0 Å². The highest BCUT2D eigenvalue weighted by Gasteiger charge is 2.25. The van der Waals surface area contributed by atoms with Crippen LogP contribution in [0, 0.1) is 6.92 Å². The van der Waals surface area contributed by atoms with E-state index in [0.717, 1.165) is 15.0 Å². The number of aromatic nitrogens is 4. The van der Waals surface area contributed by atoms with Gasteiger partial charge in [0.05, 0.1) is 16.2 Å². The smallest absolute Gasteiger partial charge is 0.350 e. The monoisotopic (exact) mass is 422 g/mol. The number of carbonyl (C=O) groups is 1. The molecule has 3 aromatic rings. The molecule has 0 aliphatic heterocycles. The van der Waals surface area contributed by atoms with Crippen LogP contribution in [0.15, 0.2) is 16.7 Å². The molecule has 1 atom stereocenters. The summed E-state index contributed by atoms with van der Waals surface area (Å²) in [5.41, 5.74) is 1.97. The van der Waals surface area contributed by atoms with E-state index in [9.17, 15) is 4.79 Å². The zero-order chi connectivity index (χ0) is 18.4. The summed E-state index contributed by atoms with van der Waals surface area (Å²) in [7, 11) is 0.